The molecule has 1 unspecified atom stereocenters. The molecular weight excluding hydrogens is 307 g/mol. The van der Waals surface area contributed by atoms with Gasteiger partial charge >= 0.3 is 0 Å². The van der Waals surface area contributed by atoms with Gasteiger partial charge in [-0.25, -0.2) is 4.39 Å². The SMILES string of the molecule is CC(=O)NC(CSc1ccc(F)cc1)C(=O)N1CCOCC1. The molecule has 5 nitrogen and oxygen atoms in total. The fourth-order valence-corrected chi connectivity index (χ4v) is 3.05. The summed E-state index contributed by atoms with van der Waals surface area (Å²) in [6, 6.07) is 5.47. The van der Waals surface area contributed by atoms with Crippen molar-refractivity contribution in [2.24, 2.45) is 0 Å². The van der Waals surface area contributed by atoms with E-state index in [-0.39, 0.29) is 17.6 Å². The maximum atomic E-state index is 12.9. The minimum atomic E-state index is -0.592. The van der Waals surface area contributed by atoms with Crippen molar-refractivity contribution < 1.29 is 18.7 Å². The van der Waals surface area contributed by atoms with Crippen LogP contribution in [0.15, 0.2) is 29.2 Å². The summed E-state index contributed by atoms with van der Waals surface area (Å²) < 4.78 is 18.1. The number of hydrogen-bond donors (Lipinski definition) is 1. The zero-order valence-corrected chi connectivity index (χ0v) is 13.2. The first-order valence-corrected chi connectivity index (χ1v) is 8.07. The van der Waals surface area contributed by atoms with Crippen molar-refractivity contribution in [2.75, 3.05) is 32.1 Å². The Morgan fingerprint density at radius 1 is 1.32 bits per heavy atom. The molecule has 1 aliphatic rings. The number of ether oxygens (including phenoxy) is 1. The number of rotatable bonds is 5. The normalized spacial score (nSPS) is 16.2. The molecule has 0 spiro atoms. The third-order valence-electron chi connectivity index (χ3n) is 3.23. The number of carbonyl (C=O) groups excluding carboxylic acids is 2. The van der Waals surface area contributed by atoms with Gasteiger partial charge in [0.15, 0.2) is 0 Å². The van der Waals surface area contributed by atoms with Crippen LogP contribution in [0.3, 0.4) is 0 Å². The van der Waals surface area contributed by atoms with E-state index in [1.807, 2.05) is 0 Å². The smallest absolute Gasteiger partial charge is 0.246 e. The molecule has 0 saturated carbocycles. The van der Waals surface area contributed by atoms with Gasteiger partial charge in [0.1, 0.15) is 11.9 Å². The predicted molar refractivity (Wildman–Crippen MR) is 82.1 cm³/mol. The molecular formula is C15H19FN2O3S. The number of amides is 2. The molecule has 0 aliphatic carbocycles. The Hall–Kier alpha value is -1.60. The highest BCUT2D eigenvalue weighted by Crippen LogP contribution is 2.19. The Balaban J connectivity index is 1.97. The molecule has 0 aromatic heterocycles. The summed E-state index contributed by atoms with van der Waals surface area (Å²) in [4.78, 5) is 26.4. The minimum Gasteiger partial charge on any atom is -0.378 e. The van der Waals surface area contributed by atoms with E-state index in [4.69, 9.17) is 4.74 Å². The predicted octanol–water partition coefficient (Wildman–Crippen LogP) is 1.28. The van der Waals surface area contributed by atoms with Gasteiger partial charge in [-0.05, 0) is 24.3 Å². The summed E-state index contributed by atoms with van der Waals surface area (Å²) in [7, 11) is 0. The summed E-state index contributed by atoms with van der Waals surface area (Å²) in [6.45, 7) is 3.50. The van der Waals surface area contributed by atoms with Gasteiger partial charge in [0, 0.05) is 30.7 Å². The largest absolute Gasteiger partial charge is 0.378 e. The third-order valence-corrected chi connectivity index (χ3v) is 4.33. The maximum absolute atomic E-state index is 12.9. The van der Waals surface area contributed by atoms with E-state index in [1.54, 1.807) is 17.0 Å². The van der Waals surface area contributed by atoms with E-state index in [1.165, 1.54) is 30.8 Å². The monoisotopic (exact) mass is 326 g/mol. The Bertz CT molecular complexity index is 518. The van der Waals surface area contributed by atoms with Crippen LogP contribution in [0, 0.1) is 5.82 Å². The quantitative estimate of drug-likeness (QED) is 0.828. The highest BCUT2D eigenvalue weighted by molar-refractivity contribution is 7.99. The van der Waals surface area contributed by atoms with Crippen molar-refractivity contribution in [1.29, 1.82) is 0 Å². The highest BCUT2D eigenvalue weighted by Gasteiger charge is 2.26. The highest BCUT2D eigenvalue weighted by atomic mass is 32.2. The van der Waals surface area contributed by atoms with Gasteiger partial charge in [-0.2, -0.15) is 0 Å². The second-order valence-corrected chi connectivity index (χ2v) is 6.05. The van der Waals surface area contributed by atoms with Gasteiger partial charge < -0.3 is 15.0 Å². The first-order valence-electron chi connectivity index (χ1n) is 7.08. The minimum absolute atomic E-state index is 0.104. The van der Waals surface area contributed by atoms with Crippen molar-refractivity contribution in [1.82, 2.24) is 10.2 Å². The van der Waals surface area contributed by atoms with Crippen molar-refractivity contribution in [2.45, 2.75) is 17.9 Å². The van der Waals surface area contributed by atoms with Gasteiger partial charge in [0.25, 0.3) is 0 Å². The molecule has 0 radical (unpaired) electrons. The van der Waals surface area contributed by atoms with Crippen LogP contribution in [0.25, 0.3) is 0 Å². The molecule has 2 rings (SSSR count). The molecule has 1 aromatic rings. The Kier molecular flexibility index (Phi) is 6.21. The van der Waals surface area contributed by atoms with Gasteiger partial charge in [-0.3, -0.25) is 9.59 Å². The molecule has 1 aromatic carbocycles. The molecule has 1 atom stereocenters. The van der Waals surface area contributed by atoms with Crippen molar-refractivity contribution in [3.05, 3.63) is 30.1 Å². The molecule has 1 fully saturated rings. The van der Waals surface area contributed by atoms with Crippen LogP contribution in [0.4, 0.5) is 4.39 Å². The van der Waals surface area contributed by atoms with E-state index < -0.39 is 6.04 Å². The third kappa shape index (κ3) is 4.99. The fraction of sp³-hybridized carbons (Fsp3) is 0.467. The van der Waals surface area contributed by atoms with Crippen molar-refractivity contribution in [3.8, 4) is 0 Å². The molecule has 0 bridgehead atoms. The lowest BCUT2D eigenvalue weighted by molar-refractivity contribution is -0.138. The van der Waals surface area contributed by atoms with Crippen LogP contribution in [0.1, 0.15) is 6.92 Å². The molecule has 2 amide bonds. The first-order chi connectivity index (χ1) is 10.6. The summed E-state index contributed by atoms with van der Waals surface area (Å²) in [5, 5.41) is 2.69. The Morgan fingerprint density at radius 2 is 1.95 bits per heavy atom. The lowest BCUT2D eigenvalue weighted by atomic mass is 10.2. The lowest BCUT2D eigenvalue weighted by Gasteiger charge is -2.30. The number of nitrogens with zero attached hydrogens (tertiary/aromatic N) is 1. The number of benzene rings is 1. The van der Waals surface area contributed by atoms with E-state index in [2.05, 4.69) is 5.32 Å². The molecule has 7 heteroatoms. The average molecular weight is 326 g/mol. The molecule has 1 heterocycles. The van der Waals surface area contributed by atoms with Crippen LogP contribution >= 0.6 is 11.8 Å². The molecule has 1 aliphatic heterocycles. The first kappa shape index (κ1) is 16.8. The van der Waals surface area contributed by atoms with E-state index >= 15 is 0 Å². The molecule has 22 heavy (non-hydrogen) atoms. The van der Waals surface area contributed by atoms with E-state index in [0.29, 0.717) is 32.1 Å². The van der Waals surface area contributed by atoms with Crippen LogP contribution < -0.4 is 5.32 Å². The van der Waals surface area contributed by atoms with Crippen molar-refractivity contribution in [3.63, 3.8) is 0 Å². The van der Waals surface area contributed by atoms with E-state index in [0.717, 1.165) is 4.90 Å². The van der Waals surface area contributed by atoms with Gasteiger partial charge in [0.2, 0.25) is 11.8 Å². The van der Waals surface area contributed by atoms with Crippen molar-refractivity contribution >= 4 is 23.6 Å². The van der Waals surface area contributed by atoms with Crippen LogP contribution in [-0.4, -0.2) is 54.8 Å². The molecule has 1 N–H and O–H groups in total. The topological polar surface area (TPSA) is 58.6 Å². The number of carbonyl (C=O) groups is 2. The summed E-state index contributed by atoms with van der Waals surface area (Å²) >= 11 is 1.41. The lowest BCUT2D eigenvalue weighted by Crippen LogP contribution is -2.52. The van der Waals surface area contributed by atoms with Crippen LogP contribution in [0.5, 0.6) is 0 Å². The van der Waals surface area contributed by atoms with E-state index in [9.17, 15) is 14.0 Å². The van der Waals surface area contributed by atoms with Gasteiger partial charge in [-0.1, -0.05) is 0 Å². The summed E-state index contributed by atoms with van der Waals surface area (Å²) in [5.41, 5.74) is 0. The standard InChI is InChI=1S/C15H19FN2O3S/c1-11(19)17-14(15(20)18-6-8-21-9-7-18)10-22-13-4-2-12(16)3-5-13/h2-5,14H,6-10H2,1H3,(H,17,19). The summed E-state index contributed by atoms with van der Waals surface area (Å²) in [6.07, 6.45) is 0. The number of thioether (sulfide) groups is 1. The average Bonchev–Trinajstić information content (AvgIpc) is 2.53. The Morgan fingerprint density at radius 3 is 2.55 bits per heavy atom. The number of halogens is 1. The van der Waals surface area contributed by atoms with Crippen LogP contribution in [0.2, 0.25) is 0 Å². The zero-order chi connectivity index (χ0) is 15.9. The van der Waals surface area contributed by atoms with Crippen LogP contribution in [-0.2, 0) is 14.3 Å². The molecule has 1 saturated heterocycles. The maximum Gasteiger partial charge on any atom is 0.246 e. The number of morpholine rings is 1. The summed E-state index contributed by atoms with van der Waals surface area (Å²) in [5.74, 6) is -0.243. The number of hydrogen-bond acceptors (Lipinski definition) is 4. The second-order valence-electron chi connectivity index (χ2n) is 4.96. The number of nitrogens with one attached hydrogen (secondary N) is 1. The van der Waals surface area contributed by atoms with Gasteiger partial charge in [0.05, 0.1) is 13.2 Å². The Labute approximate surface area is 133 Å². The second kappa shape index (κ2) is 8.14. The zero-order valence-electron chi connectivity index (χ0n) is 12.4. The fourth-order valence-electron chi connectivity index (χ4n) is 2.13. The van der Waals surface area contributed by atoms with Gasteiger partial charge in [-0.15, -0.1) is 11.8 Å². The molecule has 120 valence electrons.